The van der Waals surface area contributed by atoms with E-state index >= 15 is 0 Å². The molecule has 26 heavy (non-hydrogen) atoms. The number of benzene rings is 2. The summed E-state index contributed by atoms with van der Waals surface area (Å²) in [5.41, 5.74) is 10.4. The molecule has 0 saturated heterocycles. The Labute approximate surface area is 162 Å². The first-order chi connectivity index (χ1) is 12.6. The van der Waals surface area contributed by atoms with Crippen molar-refractivity contribution in [3.8, 4) is 0 Å². The van der Waals surface area contributed by atoms with Crippen LogP contribution in [0.2, 0.25) is 0 Å². The standard InChI is InChI=1S/C20H23BrN4O/c21-17-7-2-6-16(12-17)19(26)23-10-3-11-24-20(22)25-18-9-8-14-4-1-5-15(14)13-18/h2,6-9,12-13H,1,3-5,10-11H2,(H,23,26)(H3,22,24,25). The van der Waals surface area contributed by atoms with Crippen LogP contribution in [0.15, 0.2) is 51.9 Å². The van der Waals surface area contributed by atoms with Crippen LogP contribution in [-0.4, -0.2) is 25.0 Å². The summed E-state index contributed by atoms with van der Waals surface area (Å²) >= 11 is 3.36. The minimum Gasteiger partial charge on any atom is -0.370 e. The number of fused-ring (bicyclic) bond motifs is 1. The lowest BCUT2D eigenvalue weighted by atomic mass is 10.1. The Kier molecular flexibility index (Phi) is 6.28. The van der Waals surface area contributed by atoms with Gasteiger partial charge in [0, 0.05) is 28.8 Å². The first kappa shape index (κ1) is 18.5. The van der Waals surface area contributed by atoms with E-state index in [2.05, 4.69) is 43.7 Å². The van der Waals surface area contributed by atoms with Crippen molar-refractivity contribution in [3.05, 3.63) is 63.6 Å². The van der Waals surface area contributed by atoms with E-state index in [1.807, 2.05) is 18.2 Å². The van der Waals surface area contributed by atoms with Gasteiger partial charge >= 0.3 is 0 Å². The second kappa shape index (κ2) is 8.85. The van der Waals surface area contributed by atoms with Crippen molar-refractivity contribution in [2.45, 2.75) is 25.7 Å². The van der Waals surface area contributed by atoms with Crippen molar-refractivity contribution in [1.82, 2.24) is 5.32 Å². The maximum absolute atomic E-state index is 12.0. The van der Waals surface area contributed by atoms with E-state index < -0.39 is 0 Å². The number of aliphatic imine (C=N–C) groups is 1. The maximum atomic E-state index is 12.0. The number of carbonyl (C=O) groups excluding carboxylic acids is 1. The molecule has 1 amide bonds. The third-order valence-corrected chi connectivity index (χ3v) is 4.85. The number of nitrogens with two attached hydrogens (primary N) is 1. The summed E-state index contributed by atoms with van der Waals surface area (Å²) in [6.45, 7) is 1.11. The van der Waals surface area contributed by atoms with Gasteiger partial charge in [-0.2, -0.15) is 0 Å². The van der Waals surface area contributed by atoms with Gasteiger partial charge in [-0.1, -0.05) is 28.1 Å². The Hall–Kier alpha value is -2.34. The molecule has 0 aromatic heterocycles. The molecule has 0 radical (unpaired) electrons. The number of nitrogens with zero attached hydrogens (tertiary/aromatic N) is 1. The summed E-state index contributed by atoms with van der Waals surface area (Å²) < 4.78 is 0.889. The summed E-state index contributed by atoms with van der Waals surface area (Å²) in [7, 11) is 0. The lowest BCUT2D eigenvalue weighted by molar-refractivity contribution is 0.0953. The number of anilines is 1. The van der Waals surface area contributed by atoms with Crippen molar-refractivity contribution >= 4 is 33.5 Å². The number of guanidine groups is 1. The van der Waals surface area contributed by atoms with E-state index in [0.29, 0.717) is 24.6 Å². The summed E-state index contributed by atoms with van der Waals surface area (Å²) in [4.78, 5) is 16.3. The molecular weight excluding hydrogens is 392 g/mol. The largest absolute Gasteiger partial charge is 0.370 e. The van der Waals surface area contributed by atoms with Crippen LogP contribution in [0.4, 0.5) is 5.69 Å². The molecule has 1 aliphatic carbocycles. The average Bonchev–Trinajstić information content (AvgIpc) is 3.09. The van der Waals surface area contributed by atoms with Crippen molar-refractivity contribution in [2.24, 2.45) is 10.7 Å². The molecule has 136 valence electrons. The Bertz CT molecular complexity index is 819. The van der Waals surface area contributed by atoms with Gasteiger partial charge in [0.1, 0.15) is 0 Å². The zero-order valence-electron chi connectivity index (χ0n) is 14.6. The summed E-state index contributed by atoms with van der Waals surface area (Å²) in [5, 5.41) is 6.03. The number of hydrogen-bond acceptors (Lipinski definition) is 2. The van der Waals surface area contributed by atoms with Gasteiger partial charge in [-0.15, -0.1) is 0 Å². The van der Waals surface area contributed by atoms with Gasteiger partial charge in [-0.05, 0) is 67.1 Å². The van der Waals surface area contributed by atoms with Crippen molar-refractivity contribution in [1.29, 1.82) is 0 Å². The van der Waals surface area contributed by atoms with Gasteiger partial charge in [-0.3, -0.25) is 9.79 Å². The van der Waals surface area contributed by atoms with Crippen LogP contribution in [0.5, 0.6) is 0 Å². The van der Waals surface area contributed by atoms with Crippen LogP contribution < -0.4 is 16.4 Å². The summed E-state index contributed by atoms with van der Waals surface area (Å²) in [6, 6.07) is 13.7. The molecule has 0 spiro atoms. The molecule has 2 aromatic rings. The number of rotatable bonds is 6. The van der Waals surface area contributed by atoms with E-state index in [9.17, 15) is 4.79 Å². The maximum Gasteiger partial charge on any atom is 0.251 e. The number of halogens is 1. The average molecular weight is 415 g/mol. The molecule has 5 nitrogen and oxygen atoms in total. The van der Waals surface area contributed by atoms with E-state index in [-0.39, 0.29) is 5.91 Å². The minimum absolute atomic E-state index is 0.0838. The number of hydrogen-bond donors (Lipinski definition) is 3. The Morgan fingerprint density at radius 1 is 1.15 bits per heavy atom. The van der Waals surface area contributed by atoms with Gasteiger partial charge in [-0.25, -0.2) is 0 Å². The predicted octanol–water partition coefficient (Wildman–Crippen LogP) is 3.48. The minimum atomic E-state index is -0.0838. The number of aryl methyl sites for hydroxylation is 2. The molecule has 6 heteroatoms. The fourth-order valence-corrected chi connectivity index (χ4v) is 3.45. The molecular formula is C20H23BrN4O. The first-order valence-electron chi connectivity index (χ1n) is 8.84. The van der Waals surface area contributed by atoms with Crippen LogP contribution in [-0.2, 0) is 12.8 Å². The Morgan fingerprint density at radius 3 is 2.85 bits per heavy atom. The second-order valence-electron chi connectivity index (χ2n) is 6.35. The summed E-state index contributed by atoms with van der Waals surface area (Å²) in [5.74, 6) is 0.320. The number of carbonyl (C=O) groups is 1. The lowest BCUT2D eigenvalue weighted by Crippen LogP contribution is -2.26. The normalized spacial score (nSPS) is 13.3. The molecule has 0 aliphatic heterocycles. The van der Waals surface area contributed by atoms with Crippen LogP contribution in [0.1, 0.15) is 34.3 Å². The van der Waals surface area contributed by atoms with E-state index in [4.69, 9.17) is 5.73 Å². The zero-order valence-corrected chi connectivity index (χ0v) is 16.2. The fraction of sp³-hybridized carbons (Fsp3) is 0.300. The molecule has 0 unspecified atom stereocenters. The van der Waals surface area contributed by atoms with Crippen LogP contribution in [0, 0.1) is 0 Å². The van der Waals surface area contributed by atoms with Gasteiger partial charge < -0.3 is 16.4 Å². The third-order valence-electron chi connectivity index (χ3n) is 4.36. The zero-order chi connectivity index (χ0) is 18.4. The molecule has 0 atom stereocenters. The highest BCUT2D eigenvalue weighted by molar-refractivity contribution is 9.10. The van der Waals surface area contributed by atoms with Gasteiger partial charge in [0.05, 0.1) is 0 Å². The van der Waals surface area contributed by atoms with Gasteiger partial charge in [0.25, 0.3) is 5.91 Å². The molecule has 0 heterocycles. The van der Waals surface area contributed by atoms with E-state index in [0.717, 1.165) is 23.0 Å². The van der Waals surface area contributed by atoms with Crippen LogP contribution >= 0.6 is 15.9 Å². The Morgan fingerprint density at radius 2 is 2.00 bits per heavy atom. The van der Waals surface area contributed by atoms with E-state index in [1.54, 1.807) is 12.1 Å². The van der Waals surface area contributed by atoms with E-state index in [1.165, 1.54) is 24.0 Å². The topological polar surface area (TPSA) is 79.5 Å². The van der Waals surface area contributed by atoms with Gasteiger partial charge in [0.15, 0.2) is 5.96 Å². The molecule has 0 bridgehead atoms. The quantitative estimate of drug-likeness (QED) is 0.384. The molecule has 2 aromatic carbocycles. The fourth-order valence-electron chi connectivity index (χ4n) is 3.05. The first-order valence-corrected chi connectivity index (χ1v) is 9.63. The predicted molar refractivity (Wildman–Crippen MR) is 110 cm³/mol. The number of amides is 1. The van der Waals surface area contributed by atoms with Crippen molar-refractivity contribution < 1.29 is 4.79 Å². The smallest absolute Gasteiger partial charge is 0.251 e. The molecule has 4 N–H and O–H groups in total. The van der Waals surface area contributed by atoms with Crippen LogP contribution in [0.25, 0.3) is 0 Å². The van der Waals surface area contributed by atoms with Crippen molar-refractivity contribution in [3.63, 3.8) is 0 Å². The highest BCUT2D eigenvalue weighted by atomic mass is 79.9. The monoisotopic (exact) mass is 414 g/mol. The van der Waals surface area contributed by atoms with Gasteiger partial charge in [0.2, 0.25) is 0 Å². The molecule has 3 rings (SSSR count). The molecule has 0 fully saturated rings. The van der Waals surface area contributed by atoms with Crippen LogP contribution in [0.3, 0.4) is 0 Å². The summed E-state index contributed by atoms with van der Waals surface area (Å²) in [6.07, 6.45) is 4.27. The second-order valence-corrected chi connectivity index (χ2v) is 7.26. The lowest BCUT2D eigenvalue weighted by Gasteiger charge is -2.08. The van der Waals surface area contributed by atoms with Crippen molar-refractivity contribution in [2.75, 3.05) is 18.4 Å². The number of nitrogens with one attached hydrogen (secondary N) is 2. The highest BCUT2D eigenvalue weighted by Gasteiger charge is 2.10. The molecule has 1 aliphatic rings. The highest BCUT2D eigenvalue weighted by Crippen LogP contribution is 2.24. The SMILES string of the molecule is NC(=NCCCNC(=O)c1cccc(Br)c1)Nc1ccc2c(c1)CCC2. The Balaban J connectivity index is 1.40. The third kappa shape index (κ3) is 5.08. The molecule has 0 saturated carbocycles.